The van der Waals surface area contributed by atoms with Gasteiger partial charge in [0.1, 0.15) is 12.4 Å². The Morgan fingerprint density at radius 3 is 2.80 bits per heavy atom. The summed E-state index contributed by atoms with van der Waals surface area (Å²) in [6.07, 6.45) is 0.729. The van der Waals surface area contributed by atoms with Crippen molar-refractivity contribution >= 4 is 5.91 Å². The van der Waals surface area contributed by atoms with Crippen molar-refractivity contribution < 1.29 is 19.0 Å². The zero-order chi connectivity index (χ0) is 17.2. The maximum Gasteiger partial charge on any atom is 0.231 e. The van der Waals surface area contributed by atoms with Crippen LogP contribution in [-0.4, -0.2) is 30.8 Å². The van der Waals surface area contributed by atoms with Crippen LogP contribution in [0.3, 0.4) is 0 Å². The third-order valence-corrected chi connectivity index (χ3v) is 4.73. The number of amides is 1. The van der Waals surface area contributed by atoms with Gasteiger partial charge in [0.05, 0.1) is 5.92 Å². The van der Waals surface area contributed by atoms with Crippen molar-refractivity contribution in [3.63, 3.8) is 0 Å². The molecule has 25 heavy (non-hydrogen) atoms. The van der Waals surface area contributed by atoms with Gasteiger partial charge in [-0.25, -0.2) is 0 Å². The van der Waals surface area contributed by atoms with Gasteiger partial charge in [0.2, 0.25) is 12.7 Å². The van der Waals surface area contributed by atoms with Gasteiger partial charge in [0, 0.05) is 13.1 Å². The maximum atomic E-state index is 13.0. The molecule has 0 saturated heterocycles. The van der Waals surface area contributed by atoms with E-state index in [1.807, 2.05) is 54.3 Å². The van der Waals surface area contributed by atoms with Crippen LogP contribution in [0.1, 0.15) is 18.1 Å². The molecule has 4 rings (SSSR count). The normalized spacial score (nSPS) is 17.6. The fourth-order valence-corrected chi connectivity index (χ4v) is 3.35. The van der Waals surface area contributed by atoms with Gasteiger partial charge in [-0.05, 0) is 42.7 Å². The highest BCUT2D eigenvalue weighted by Crippen LogP contribution is 2.33. The topological polar surface area (TPSA) is 48.0 Å². The summed E-state index contributed by atoms with van der Waals surface area (Å²) < 4.78 is 16.5. The molecule has 1 amide bonds. The van der Waals surface area contributed by atoms with Crippen LogP contribution >= 0.6 is 0 Å². The van der Waals surface area contributed by atoms with Gasteiger partial charge in [-0.2, -0.15) is 0 Å². The lowest BCUT2D eigenvalue weighted by molar-refractivity contribution is -0.137. The van der Waals surface area contributed by atoms with E-state index in [-0.39, 0.29) is 18.6 Å². The largest absolute Gasteiger partial charge is 0.492 e. The van der Waals surface area contributed by atoms with E-state index in [1.165, 1.54) is 0 Å². The molecular formula is C20H21NO4. The molecule has 0 saturated carbocycles. The number of fused-ring (bicyclic) bond motifs is 2. The van der Waals surface area contributed by atoms with Gasteiger partial charge in [0.15, 0.2) is 11.5 Å². The molecule has 0 radical (unpaired) electrons. The number of benzene rings is 2. The molecule has 0 fully saturated rings. The second-order valence-corrected chi connectivity index (χ2v) is 6.36. The molecule has 2 aliphatic rings. The molecule has 5 heteroatoms. The summed E-state index contributed by atoms with van der Waals surface area (Å²) in [5.41, 5.74) is 2.14. The van der Waals surface area contributed by atoms with Crippen molar-refractivity contribution in [2.75, 3.05) is 19.9 Å². The third kappa shape index (κ3) is 3.14. The van der Waals surface area contributed by atoms with Gasteiger partial charge in [-0.3, -0.25) is 4.79 Å². The van der Waals surface area contributed by atoms with Crippen molar-refractivity contribution in [2.45, 2.75) is 19.9 Å². The minimum Gasteiger partial charge on any atom is -0.492 e. The fraction of sp³-hybridized carbons (Fsp3) is 0.350. The summed E-state index contributed by atoms with van der Waals surface area (Å²) in [5.74, 6) is 2.40. The smallest absolute Gasteiger partial charge is 0.231 e. The molecule has 0 unspecified atom stereocenters. The van der Waals surface area contributed by atoms with Crippen molar-refractivity contribution in [1.29, 1.82) is 0 Å². The highest BCUT2D eigenvalue weighted by molar-refractivity contribution is 5.79. The second kappa shape index (κ2) is 6.67. The predicted molar refractivity (Wildman–Crippen MR) is 92.8 cm³/mol. The first-order valence-electron chi connectivity index (χ1n) is 8.62. The monoisotopic (exact) mass is 339 g/mol. The molecule has 0 spiro atoms. The molecule has 2 aromatic rings. The Labute approximate surface area is 147 Å². The Bertz CT molecular complexity index is 789. The van der Waals surface area contributed by atoms with Crippen LogP contribution in [0, 0.1) is 5.92 Å². The zero-order valence-electron chi connectivity index (χ0n) is 14.2. The lowest BCUT2D eigenvalue weighted by Gasteiger charge is -2.30. The minimum atomic E-state index is -0.135. The van der Waals surface area contributed by atoms with Crippen LogP contribution in [0.5, 0.6) is 17.2 Å². The summed E-state index contributed by atoms with van der Waals surface area (Å²) >= 11 is 0. The summed E-state index contributed by atoms with van der Waals surface area (Å²) in [6.45, 7) is 3.92. The van der Waals surface area contributed by atoms with Crippen LogP contribution in [-0.2, 0) is 17.8 Å². The van der Waals surface area contributed by atoms with Crippen molar-refractivity contribution in [2.24, 2.45) is 5.92 Å². The molecule has 0 bridgehead atoms. The first-order chi connectivity index (χ1) is 12.2. The van der Waals surface area contributed by atoms with E-state index in [4.69, 9.17) is 14.2 Å². The van der Waals surface area contributed by atoms with Gasteiger partial charge in [-0.15, -0.1) is 0 Å². The van der Waals surface area contributed by atoms with E-state index in [1.54, 1.807) is 0 Å². The average Bonchev–Trinajstić information content (AvgIpc) is 3.13. The number of rotatable bonds is 4. The Morgan fingerprint density at radius 2 is 1.92 bits per heavy atom. The molecule has 5 nitrogen and oxygen atoms in total. The molecule has 0 aliphatic carbocycles. The van der Waals surface area contributed by atoms with E-state index in [0.29, 0.717) is 19.7 Å². The van der Waals surface area contributed by atoms with Gasteiger partial charge >= 0.3 is 0 Å². The van der Waals surface area contributed by atoms with Crippen molar-refractivity contribution in [3.8, 4) is 17.2 Å². The Morgan fingerprint density at radius 1 is 1.08 bits per heavy atom. The van der Waals surface area contributed by atoms with Gasteiger partial charge in [0.25, 0.3) is 0 Å². The molecule has 130 valence electrons. The van der Waals surface area contributed by atoms with Crippen LogP contribution < -0.4 is 14.2 Å². The molecule has 0 aromatic heterocycles. The predicted octanol–water partition coefficient (Wildman–Crippen LogP) is 3.02. The first kappa shape index (κ1) is 15.8. The lowest BCUT2D eigenvalue weighted by atomic mass is 9.95. The number of nitrogens with zero attached hydrogens (tertiary/aromatic N) is 1. The molecule has 0 N–H and O–H groups in total. The van der Waals surface area contributed by atoms with E-state index >= 15 is 0 Å². The SMILES string of the molecule is CCN(Cc1ccc2c(c1)OCO2)C(=O)[C@@H]1COc2ccccc2C1. The molecule has 2 aromatic carbocycles. The van der Waals surface area contributed by atoms with Crippen LogP contribution in [0.2, 0.25) is 0 Å². The summed E-state index contributed by atoms with van der Waals surface area (Å²) in [5, 5.41) is 0. The number of hydrogen-bond acceptors (Lipinski definition) is 4. The van der Waals surface area contributed by atoms with Crippen LogP contribution in [0.4, 0.5) is 0 Å². The number of ether oxygens (including phenoxy) is 3. The number of para-hydroxylation sites is 1. The third-order valence-electron chi connectivity index (χ3n) is 4.73. The van der Waals surface area contributed by atoms with E-state index in [2.05, 4.69) is 0 Å². The van der Waals surface area contributed by atoms with Crippen molar-refractivity contribution in [1.82, 2.24) is 4.90 Å². The first-order valence-corrected chi connectivity index (χ1v) is 8.62. The quantitative estimate of drug-likeness (QED) is 0.859. The van der Waals surface area contributed by atoms with Gasteiger partial charge in [-0.1, -0.05) is 24.3 Å². The number of carbonyl (C=O) groups is 1. The maximum absolute atomic E-state index is 13.0. The standard InChI is InChI=1S/C20H21NO4/c1-2-21(11-14-7-8-18-19(9-14)25-13-24-18)20(22)16-10-15-5-3-4-6-17(15)23-12-16/h3-9,16H,2,10-13H2,1H3/t16-/m0/s1. The van der Waals surface area contributed by atoms with Crippen molar-refractivity contribution in [3.05, 3.63) is 53.6 Å². The minimum absolute atomic E-state index is 0.134. The number of carbonyl (C=O) groups excluding carboxylic acids is 1. The van der Waals surface area contributed by atoms with E-state index in [9.17, 15) is 4.79 Å². The Kier molecular flexibility index (Phi) is 4.22. The van der Waals surface area contributed by atoms with Gasteiger partial charge < -0.3 is 19.1 Å². The summed E-state index contributed by atoms with van der Waals surface area (Å²) in [6, 6.07) is 13.8. The fourth-order valence-electron chi connectivity index (χ4n) is 3.35. The highest BCUT2D eigenvalue weighted by Gasteiger charge is 2.29. The van der Waals surface area contributed by atoms with Crippen LogP contribution in [0.15, 0.2) is 42.5 Å². The molecular weight excluding hydrogens is 318 g/mol. The Balaban J connectivity index is 1.47. The lowest BCUT2D eigenvalue weighted by Crippen LogP contribution is -2.40. The molecule has 1 atom stereocenters. The molecule has 2 heterocycles. The summed E-state index contributed by atoms with van der Waals surface area (Å²) in [7, 11) is 0. The zero-order valence-corrected chi connectivity index (χ0v) is 14.2. The highest BCUT2D eigenvalue weighted by atomic mass is 16.7. The molecule has 2 aliphatic heterocycles. The summed E-state index contributed by atoms with van der Waals surface area (Å²) in [4.78, 5) is 14.8. The Hall–Kier alpha value is -2.69. The van der Waals surface area contributed by atoms with E-state index < -0.39 is 0 Å². The van der Waals surface area contributed by atoms with E-state index in [0.717, 1.165) is 34.8 Å². The average molecular weight is 339 g/mol. The van der Waals surface area contributed by atoms with Crippen LogP contribution in [0.25, 0.3) is 0 Å². The number of hydrogen-bond donors (Lipinski definition) is 0. The second-order valence-electron chi connectivity index (χ2n) is 6.36.